The van der Waals surface area contributed by atoms with E-state index < -0.39 is 6.61 Å². The van der Waals surface area contributed by atoms with E-state index in [1.54, 1.807) is 29.2 Å². The molecule has 3 rings (SSSR count). The van der Waals surface area contributed by atoms with Gasteiger partial charge in [-0.3, -0.25) is 0 Å². The number of hydrogen-bond donors (Lipinski definition) is 1. The highest BCUT2D eigenvalue weighted by Gasteiger charge is 2.17. The summed E-state index contributed by atoms with van der Waals surface area (Å²) in [5, 5.41) is 2.74. The lowest BCUT2D eigenvalue weighted by atomic mass is 10.2. The van der Waals surface area contributed by atoms with Crippen molar-refractivity contribution >= 4 is 6.03 Å². The monoisotopic (exact) mass is 378 g/mol. The lowest BCUT2D eigenvalue weighted by Gasteiger charge is -2.22. The summed E-state index contributed by atoms with van der Waals surface area (Å²) < 4.78 is 40.1. The molecule has 2 aromatic rings. The van der Waals surface area contributed by atoms with Gasteiger partial charge in [-0.2, -0.15) is 8.78 Å². The number of urea groups is 1. The second kappa shape index (κ2) is 8.57. The molecule has 0 aromatic heterocycles. The number of para-hydroxylation sites is 1. The molecule has 6 nitrogen and oxygen atoms in total. The number of carbonyl (C=O) groups is 1. The first-order chi connectivity index (χ1) is 13.1. The third-order valence-electron chi connectivity index (χ3n) is 4.10. The van der Waals surface area contributed by atoms with Gasteiger partial charge in [-0.25, -0.2) is 4.79 Å². The molecular weight excluding hydrogens is 358 g/mol. The predicted molar refractivity (Wildman–Crippen MR) is 94.0 cm³/mol. The first-order valence-corrected chi connectivity index (χ1v) is 8.51. The van der Waals surface area contributed by atoms with Crippen LogP contribution in [0.1, 0.15) is 18.1 Å². The minimum Gasteiger partial charge on any atom is -0.454 e. The molecule has 0 saturated carbocycles. The van der Waals surface area contributed by atoms with Crippen LogP contribution in [0, 0.1) is 0 Å². The molecule has 1 aliphatic rings. The fourth-order valence-corrected chi connectivity index (χ4v) is 2.73. The average Bonchev–Trinajstić information content (AvgIpc) is 3.12. The minimum atomic E-state index is -2.92. The molecule has 0 atom stereocenters. The fourth-order valence-electron chi connectivity index (χ4n) is 2.73. The number of hydrogen-bond acceptors (Lipinski definition) is 4. The second-order valence-corrected chi connectivity index (χ2v) is 5.85. The lowest BCUT2D eigenvalue weighted by molar-refractivity contribution is -0.0504. The molecule has 27 heavy (non-hydrogen) atoms. The largest absolute Gasteiger partial charge is 0.454 e. The third kappa shape index (κ3) is 4.78. The van der Waals surface area contributed by atoms with Crippen LogP contribution in [0.4, 0.5) is 13.6 Å². The molecule has 144 valence electrons. The normalized spacial score (nSPS) is 12.1. The van der Waals surface area contributed by atoms with Gasteiger partial charge in [-0.05, 0) is 30.7 Å². The molecule has 0 aliphatic carbocycles. The highest BCUT2D eigenvalue weighted by Crippen LogP contribution is 2.32. The molecule has 0 radical (unpaired) electrons. The summed E-state index contributed by atoms with van der Waals surface area (Å²) in [5.41, 5.74) is 1.38. The summed E-state index contributed by atoms with van der Waals surface area (Å²) in [6, 6.07) is 11.6. The van der Waals surface area contributed by atoms with Gasteiger partial charge in [-0.1, -0.05) is 24.3 Å². The zero-order chi connectivity index (χ0) is 19.2. The zero-order valence-electron chi connectivity index (χ0n) is 14.8. The van der Waals surface area contributed by atoms with Crippen LogP contribution < -0.4 is 19.5 Å². The van der Waals surface area contributed by atoms with Crippen molar-refractivity contribution in [1.29, 1.82) is 0 Å². The molecule has 2 amide bonds. The molecule has 2 aromatic carbocycles. The Balaban J connectivity index is 1.61. The van der Waals surface area contributed by atoms with Gasteiger partial charge in [0.2, 0.25) is 6.79 Å². The van der Waals surface area contributed by atoms with Gasteiger partial charge >= 0.3 is 12.6 Å². The summed E-state index contributed by atoms with van der Waals surface area (Å²) >= 11 is 0. The van der Waals surface area contributed by atoms with Crippen molar-refractivity contribution in [2.45, 2.75) is 26.6 Å². The summed E-state index contributed by atoms with van der Waals surface area (Å²) in [4.78, 5) is 14.1. The van der Waals surface area contributed by atoms with E-state index in [1.807, 2.05) is 19.1 Å². The van der Waals surface area contributed by atoms with Gasteiger partial charge in [0, 0.05) is 25.2 Å². The molecule has 0 bridgehead atoms. The van der Waals surface area contributed by atoms with E-state index >= 15 is 0 Å². The first-order valence-electron chi connectivity index (χ1n) is 8.51. The van der Waals surface area contributed by atoms with Crippen molar-refractivity contribution in [1.82, 2.24) is 10.2 Å². The zero-order valence-corrected chi connectivity index (χ0v) is 14.8. The molecule has 0 fully saturated rings. The van der Waals surface area contributed by atoms with Crippen LogP contribution in [0.5, 0.6) is 17.2 Å². The maximum Gasteiger partial charge on any atom is 0.387 e. The number of halogens is 2. The first kappa shape index (κ1) is 18.8. The summed E-state index contributed by atoms with van der Waals surface area (Å²) in [6.07, 6.45) is 0. The fraction of sp³-hybridized carbons (Fsp3) is 0.316. The summed E-state index contributed by atoms with van der Waals surface area (Å²) in [6.45, 7) is 0.0836. The van der Waals surface area contributed by atoms with Gasteiger partial charge in [0.05, 0.1) is 0 Å². The van der Waals surface area contributed by atoms with E-state index in [4.69, 9.17) is 9.47 Å². The van der Waals surface area contributed by atoms with E-state index in [1.165, 1.54) is 6.07 Å². The molecule has 0 spiro atoms. The van der Waals surface area contributed by atoms with Crippen LogP contribution in [0.3, 0.4) is 0 Å². The highest BCUT2D eigenvalue weighted by atomic mass is 19.3. The number of fused-ring (bicyclic) bond motifs is 1. The van der Waals surface area contributed by atoms with Crippen LogP contribution in [-0.2, 0) is 13.1 Å². The number of nitrogens with zero attached hydrogens (tertiary/aromatic N) is 1. The molecular formula is C19H20F2N2O4. The maximum atomic E-state index is 12.5. The van der Waals surface area contributed by atoms with Crippen LogP contribution in [0.25, 0.3) is 0 Å². The van der Waals surface area contributed by atoms with Crippen molar-refractivity contribution in [3.63, 3.8) is 0 Å². The topological polar surface area (TPSA) is 60.0 Å². The molecule has 0 unspecified atom stereocenters. The minimum absolute atomic E-state index is 0.0478. The molecule has 1 N–H and O–H groups in total. The van der Waals surface area contributed by atoms with E-state index in [2.05, 4.69) is 10.1 Å². The number of alkyl halides is 2. The molecule has 0 saturated heterocycles. The Morgan fingerprint density at radius 2 is 2.00 bits per heavy atom. The van der Waals surface area contributed by atoms with Crippen LogP contribution >= 0.6 is 0 Å². The van der Waals surface area contributed by atoms with Crippen LogP contribution in [-0.4, -0.2) is 30.9 Å². The number of rotatable bonds is 7. The Labute approximate surface area is 155 Å². The second-order valence-electron chi connectivity index (χ2n) is 5.85. The van der Waals surface area contributed by atoms with E-state index in [9.17, 15) is 13.6 Å². The number of amides is 2. The van der Waals surface area contributed by atoms with Crippen LogP contribution in [0.2, 0.25) is 0 Å². The standard InChI is InChI=1S/C19H20F2N2O4/c1-2-23(11-13-7-8-16-17(9-13)26-12-25-16)19(24)22-10-14-5-3-4-6-15(14)27-18(20)21/h3-9,18H,2,10-12H2,1H3,(H,22,24). The van der Waals surface area contributed by atoms with Crippen molar-refractivity contribution in [2.24, 2.45) is 0 Å². The predicted octanol–water partition coefficient (Wildman–Crippen LogP) is 3.75. The number of ether oxygens (including phenoxy) is 3. The Kier molecular flexibility index (Phi) is 5.95. The van der Waals surface area contributed by atoms with E-state index in [-0.39, 0.29) is 25.1 Å². The summed E-state index contributed by atoms with van der Waals surface area (Å²) in [5.74, 6) is 1.38. The SMILES string of the molecule is CCN(Cc1ccc2c(c1)OCO2)C(=O)NCc1ccccc1OC(F)F. The molecule has 8 heteroatoms. The van der Waals surface area contributed by atoms with Crippen LogP contribution in [0.15, 0.2) is 42.5 Å². The van der Waals surface area contributed by atoms with Gasteiger partial charge < -0.3 is 24.4 Å². The van der Waals surface area contributed by atoms with E-state index in [0.717, 1.165) is 5.56 Å². The van der Waals surface area contributed by atoms with Gasteiger partial charge in [0.1, 0.15) is 5.75 Å². The number of nitrogens with one attached hydrogen (secondary N) is 1. The summed E-state index contributed by atoms with van der Waals surface area (Å²) in [7, 11) is 0. The quantitative estimate of drug-likeness (QED) is 0.797. The van der Waals surface area contributed by atoms with Gasteiger partial charge in [0.15, 0.2) is 11.5 Å². The van der Waals surface area contributed by atoms with Gasteiger partial charge in [0.25, 0.3) is 0 Å². The van der Waals surface area contributed by atoms with E-state index in [0.29, 0.717) is 30.2 Å². The van der Waals surface area contributed by atoms with Gasteiger partial charge in [-0.15, -0.1) is 0 Å². The highest BCUT2D eigenvalue weighted by molar-refractivity contribution is 5.74. The maximum absolute atomic E-state index is 12.5. The number of benzene rings is 2. The Bertz CT molecular complexity index is 801. The van der Waals surface area contributed by atoms with Crippen molar-refractivity contribution in [3.8, 4) is 17.2 Å². The Morgan fingerprint density at radius 3 is 2.78 bits per heavy atom. The average molecular weight is 378 g/mol. The lowest BCUT2D eigenvalue weighted by Crippen LogP contribution is -2.39. The van der Waals surface area contributed by atoms with Crippen molar-refractivity contribution in [2.75, 3.05) is 13.3 Å². The molecule has 1 aliphatic heterocycles. The van der Waals surface area contributed by atoms with Crippen molar-refractivity contribution in [3.05, 3.63) is 53.6 Å². The molecule has 1 heterocycles. The number of carbonyl (C=O) groups excluding carboxylic acids is 1. The third-order valence-corrected chi connectivity index (χ3v) is 4.10. The smallest absolute Gasteiger partial charge is 0.387 e. The van der Waals surface area contributed by atoms with Crippen molar-refractivity contribution < 1.29 is 27.8 Å². The Morgan fingerprint density at radius 1 is 1.22 bits per heavy atom. The Hall–Kier alpha value is -3.03.